The second-order valence-electron chi connectivity index (χ2n) is 18.9. The molecule has 0 saturated heterocycles. The first-order valence-electron chi connectivity index (χ1n) is 25.7. The lowest BCUT2D eigenvalue weighted by atomic mass is 9.99. The van der Waals surface area contributed by atoms with Gasteiger partial charge in [0.2, 0.25) is 0 Å². The fraction of sp³-hybridized carbons (Fsp3) is 0. The van der Waals surface area contributed by atoms with Crippen LogP contribution in [0.15, 0.2) is 309 Å². The summed E-state index contributed by atoms with van der Waals surface area (Å²) in [4.78, 5) is 7.08. The van der Waals surface area contributed by atoms with Gasteiger partial charge in [-0.05, 0) is 141 Å². The molecule has 0 unspecified atom stereocenters. The van der Waals surface area contributed by atoms with Gasteiger partial charge in [0.15, 0.2) is 0 Å². The molecular weight excluding hydrogens is 907 g/mol. The summed E-state index contributed by atoms with van der Waals surface area (Å²) in [7, 11) is 0. The van der Waals surface area contributed by atoms with Crippen LogP contribution < -0.4 is 14.7 Å². The molecule has 0 aliphatic rings. The molecule has 0 heterocycles. The van der Waals surface area contributed by atoms with E-state index in [0.717, 1.165) is 67.9 Å². The Morgan fingerprint density at radius 3 is 0.613 bits per heavy atom. The van der Waals surface area contributed by atoms with Gasteiger partial charge in [-0.3, -0.25) is 0 Å². The van der Waals surface area contributed by atoms with Crippen LogP contribution in [0.5, 0.6) is 0 Å². The van der Waals surface area contributed by atoms with Crippen LogP contribution in [0.4, 0.5) is 51.2 Å². The van der Waals surface area contributed by atoms with Gasteiger partial charge in [0.05, 0.1) is 17.1 Å². The van der Waals surface area contributed by atoms with Crippen LogP contribution in [0.3, 0.4) is 0 Å². The van der Waals surface area contributed by atoms with Gasteiger partial charge >= 0.3 is 0 Å². The number of para-hydroxylation sites is 2. The Balaban J connectivity index is 0.778. The quantitative estimate of drug-likeness (QED) is 0.121. The van der Waals surface area contributed by atoms with Crippen molar-refractivity contribution in [1.29, 1.82) is 0 Å². The Labute approximate surface area is 438 Å². The maximum absolute atomic E-state index is 2.38. The predicted octanol–water partition coefficient (Wildman–Crippen LogP) is 20.6. The molecule has 13 aromatic carbocycles. The lowest BCUT2D eigenvalue weighted by molar-refractivity contribution is 1.29. The third-order valence-electron chi connectivity index (χ3n) is 14.4. The average Bonchev–Trinajstić information content (AvgIpc) is 3.49. The van der Waals surface area contributed by atoms with Crippen molar-refractivity contribution in [2.75, 3.05) is 14.7 Å². The van der Waals surface area contributed by atoms with Crippen LogP contribution in [0.25, 0.3) is 65.7 Å². The molecule has 0 atom stereocenters. The van der Waals surface area contributed by atoms with E-state index in [0.29, 0.717) is 0 Å². The first kappa shape index (κ1) is 44.9. The highest BCUT2D eigenvalue weighted by Crippen LogP contribution is 2.44. The summed E-state index contributed by atoms with van der Waals surface area (Å²) in [6.45, 7) is 0. The van der Waals surface area contributed by atoms with Crippen LogP contribution in [-0.2, 0) is 0 Å². The molecule has 0 saturated carbocycles. The van der Waals surface area contributed by atoms with Crippen molar-refractivity contribution in [2.24, 2.45) is 0 Å². The van der Waals surface area contributed by atoms with Crippen LogP contribution in [0.2, 0.25) is 0 Å². The Morgan fingerprint density at radius 1 is 0.147 bits per heavy atom. The molecule has 0 aromatic heterocycles. The number of hydrogen-bond donors (Lipinski definition) is 0. The maximum atomic E-state index is 2.38. The maximum Gasteiger partial charge on any atom is 0.0540 e. The molecule has 0 radical (unpaired) electrons. The lowest BCUT2D eigenvalue weighted by Gasteiger charge is -2.27. The molecule has 0 aliphatic heterocycles. The van der Waals surface area contributed by atoms with Crippen LogP contribution >= 0.6 is 0 Å². The molecule has 13 rings (SSSR count). The van der Waals surface area contributed by atoms with E-state index in [-0.39, 0.29) is 0 Å². The number of hydrogen-bond acceptors (Lipinski definition) is 3. The zero-order valence-corrected chi connectivity index (χ0v) is 41.3. The molecule has 3 heteroatoms. The zero-order valence-electron chi connectivity index (χ0n) is 41.3. The van der Waals surface area contributed by atoms with Gasteiger partial charge < -0.3 is 14.7 Å². The van der Waals surface area contributed by atoms with Gasteiger partial charge in [-0.1, -0.05) is 218 Å². The van der Waals surface area contributed by atoms with Crippen LogP contribution in [0.1, 0.15) is 0 Å². The minimum absolute atomic E-state index is 1.09. The van der Waals surface area contributed by atoms with Gasteiger partial charge in [-0.25, -0.2) is 0 Å². The summed E-state index contributed by atoms with van der Waals surface area (Å²) in [5.74, 6) is 0. The van der Waals surface area contributed by atoms with Crippen LogP contribution in [-0.4, -0.2) is 0 Å². The Hall–Kier alpha value is -9.96. The molecular formula is C72H51N3. The molecule has 0 fully saturated rings. The predicted molar refractivity (Wildman–Crippen MR) is 319 cm³/mol. The fourth-order valence-corrected chi connectivity index (χ4v) is 10.7. The second-order valence-corrected chi connectivity index (χ2v) is 18.9. The van der Waals surface area contributed by atoms with Gasteiger partial charge in [0, 0.05) is 50.3 Å². The number of anilines is 9. The highest BCUT2D eigenvalue weighted by molar-refractivity contribution is 6.01. The summed E-state index contributed by atoms with van der Waals surface area (Å²) in [5, 5.41) is 7.27. The van der Waals surface area contributed by atoms with Crippen molar-refractivity contribution in [1.82, 2.24) is 0 Å². The van der Waals surface area contributed by atoms with Gasteiger partial charge in [0.25, 0.3) is 0 Å². The third-order valence-corrected chi connectivity index (χ3v) is 14.4. The van der Waals surface area contributed by atoms with E-state index < -0.39 is 0 Å². The number of rotatable bonds is 12. The summed E-state index contributed by atoms with van der Waals surface area (Å²) in [5.41, 5.74) is 17.1. The topological polar surface area (TPSA) is 9.72 Å². The largest absolute Gasteiger partial charge is 0.310 e. The van der Waals surface area contributed by atoms with E-state index in [2.05, 4.69) is 324 Å². The number of fused-ring (bicyclic) bond motifs is 3. The molecule has 0 amide bonds. The van der Waals surface area contributed by atoms with Gasteiger partial charge in [-0.15, -0.1) is 0 Å². The highest BCUT2D eigenvalue weighted by Gasteiger charge is 2.19. The van der Waals surface area contributed by atoms with Crippen molar-refractivity contribution in [2.45, 2.75) is 0 Å². The van der Waals surface area contributed by atoms with E-state index in [9.17, 15) is 0 Å². The minimum Gasteiger partial charge on any atom is -0.310 e. The summed E-state index contributed by atoms with van der Waals surface area (Å²) < 4.78 is 0. The van der Waals surface area contributed by atoms with E-state index in [1.165, 1.54) is 49.0 Å². The van der Waals surface area contributed by atoms with E-state index in [1.807, 2.05) is 0 Å². The Kier molecular flexibility index (Phi) is 11.9. The zero-order chi connectivity index (χ0) is 49.9. The smallest absolute Gasteiger partial charge is 0.0540 e. The molecule has 0 N–H and O–H groups in total. The Morgan fingerprint density at radius 2 is 0.347 bits per heavy atom. The van der Waals surface area contributed by atoms with E-state index in [1.54, 1.807) is 0 Å². The van der Waals surface area contributed by atoms with Crippen molar-refractivity contribution >= 4 is 83.5 Å². The molecule has 75 heavy (non-hydrogen) atoms. The van der Waals surface area contributed by atoms with Crippen LogP contribution in [0, 0.1) is 0 Å². The summed E-state index contributed by atoms with van der Waals surface area (Å²) in [6.07, 6.45) is 0. The van der Waals surface area contributed by atoms with Crippen molar-refractivity contribution < 1.29 is 0 Å². The van der Waals surface area contributed by atoms with Gasteiger partial charge in [-0.2, -0.15) is 0 Å². The first-order chi connectivity index (χ1) is 37.2. The van der Waals surface area contributed by atoms with Gasteiger partial charge in [0.1, 0.15) is 0 Å². The minimum atomic E-state index is 1.09. The molecule has 354 valence electrons. The van der Waals surface area contributed by atoms with E-state index >= 15 is 0 Å². The summed E-state index contributed by atoms with van der Waals surface area (Å²) in [6, 6.07) is 112. The third kappa shape index (κ3) is 8.83. The molecule has 0 aliphatic carbocycles. The van der Waals surface area contributed by atoms with E-state index in [4.69, 9.17) is 0 Å². The molecule has 0 spiro atoms. The monoisotopic (exact) mass is 957 g/mol. The fourth-order valence-electron chi connectivity index (χ4n) is 10.7. The Bertz CT molecular complexity index is 4060. The molecule has 13 aromatic rings. The molecule has 0 bridgehead atoms. The van der Waals surface area contributed by atoms with Crippen molar-refractivity contribution in [3.63, 3.8) is 0 Å². The normalized spacial score (nSPS) is 11.2. The molecule has 3 nitrogen and oxygen atoms in total. The first-order valence-corrected chi connectivity index (χ1v) is 25.7. The lowest BCUT2D eigenvalue weighted by Crippen LogP contribution is -2.10. The average molecular weight is 958 g/mol. The SMILES string of the molecule is c1ccc(N(c2ccc(-c3ccc(-c4ccc(N(c5ccc(-c6ccc(N(c7ccccc7)c7cccc8ccccc78)cc6)cc5)c5cccc6ccccc56)cc4)cc3)cc2)c2cccc3ccccc23)cc1. The highest BCUT2D eigenvalue weighted by atomic mass is 15.2. The number of nitrogens with zero attached hydrogens (tertiary/aromatic N) is 3. The second kappa shape index (κ2) is 19.9. The standard InChI is InChI=1S/C72H51N3/c1-3-22-61(23-4-1)73(70-29-13-19-58-16-7-10-26-67(58)70)63-44-36-54(37-45-63)52-32-34-53(35-33-52)55-38-48-65(49-39-55)75(72-31-15-21-60-18-9-12-28-69(60)72)66-50-42-57(43-51-66)56-40-46-64(47-41-56)74(62-24-5-2-6-25-62)71-30-14-20-59-17-8-11-27-68(59)71/h1-51H. The van der Waals surface area contributed by atoms with Crippen molar-refractivity contribution in [3.8, 4) is 33.4 Å². The number of benzene rings is 13. The van der Waals surface area contributed by atoms with Crippen molar-refractivity contribution in [3.05, 3.63) is 309 Å². The summed E-state index contributed by atoms with van der Waals surface area (Å²) >= 11 is 0.